The quantitative estimate of drug-likeness (QED) is 0.791. The van der Waals surface area contributed by atoms with Crippen LogP contribution in [0.25, 0.3) is 0 Å². The third kappa shape index (κ3) is 2.41. The van der Waals surface area contributed by atoms with Crippen molar-refractivity contribution in [1.82, 2.24) is 9.80 Å². The van der Waals surface area contributed by atoms with Gasteiger partial charge in [-0.2, -0.15) is 0 Å². The van der Waals surface area contributed by atoms with Gasteiger partial charge in [-0.1, -0.05) is 6.07 Å². The van der Waals surface area contributed by atoms with Crippen molar-refractivity contribution in [3.05, 3.63) is 34.1 Å². The lowest BCUT2D eigenvalue weighted by atomic mass is 10.1. The van der Waals surface area contributed by atoms with E-state index in [1.165, 1.54) is 6.42 Å². The highest BCUT2D eigenvalue weighted by atomic mass is 79.9. The van der Waals surface area contributed by atoms with Gasteiger partial charge in [-0.25, -0.2) is 4.39 Å². The molecule has 1 unspecified atom stereocenters. The van der Waals surface area contributed by atoms with Gasteiger partial charge in [0.15, 0.2) is 0 Å². The highest BCUT2D eigenvalue weighted by Gasteiger charge is 2.33. The van der Waals surface area contributed by atoms with Gasteiger partial charge < -0.3 is 4.90 Å². The van der Waals surface area contributed by atoms with Gasteiger partial charge in [0.05, 0.1) is 10.0 Å². The SMILES string of the molecule is O=C(c1cccc(Br)c1F)N1CCN2CCCC2C1. The molecule has 0 aromatic heterocycles. The van der Waals surface area contributed by atoms with E-state index < -0.39 is 5.82 Å². The minimum Gasteiger partial charge on any atom is -0.336 e. The number of rotatable bonds is 1. The van der Waals surface area contributed by atoms with Crippen LogP contribution in [0, 0.1) is 5.82 Å². The Kier molecular flexibility index (Phi) is 3.58. The Hall–Kier alpha value is -0.940. The summed E-state index contributed by atoms with van der Waals surface area (Å²) < 4.78 is 14.3. The fourth-order valence-electron chi connectivity index (χ4n) is 3.01. The number of hydrogen-bond donors (Lipinski definition) is 0. The van der Waals surface area contributed by atoms with Gasteiger partial charge >= 0.3 is 0 Å². The summed E-state index contributed by atoms with van der Waals surface area (Å²) in [6, 6.07) is 5.34. The Morgan fingerprint density at radius 3 is 3.00 bits per heavy atom. The first-order chi connectivity index (χ1) is 9.16. The third-order valence-corrected chi connectivity index (χ3v) is 4.67. The number of amides is 1. The van der Waals surface area contributed by atoms with Crippen molar-refractivity contribution >= 4 is 21.8 Å². The molecule has 1 amide bonds. The Balaban J connectivity index is 1.79. The number of halogens is 2. The Morgan fingerprint density at radius 2 is 2.16 bits per heavy atom. The predicted molar refractivity (Wildman–Crippen MR) is 74.6 cm³/mol. The standard InChI is InChI=1S/C14H16BrFN2O/c15-12-5-1-4-11(13(12)16)14(19)18-8-7-17-6-2-3-10(17)9-18/h1,4-5,10H,2-3,6-9H2. The number of fused-ring (bicyclic) bond motifs is 1. The van der Waals surface area contributed by atoms with Crippen LogP contribution in [0.3, 0.4) is 0 Å². The van der Waals surface area contributed by atoms with Gasteiger partial charge in [0.25, 0.3) is 5.91 Å². The van der Waals surface area contributed by atoms with E-state index in [-0.39, 0.29) is 11.5 Å². The second-order valence-electron chi connectivity index (χ2n) is 5.18. The van der Waals surface area contributed by atoms with Gasteiger partial charge in [0.1, 0.15) is 5.82 Å². The van der Waals surface area contributed by atoms with E-state index in [1.54, 1.807) is 23.1 Å². The van der Waals surface area contributed by atoms with E-state index in [0.29, 0.717) is 17.1 Å². The van der Waals surface area contributed by atoms with Crippen molar-refractivity contribution in [3.63, 3.8) is 0 Å². The van der Waals surface area contributed by atoms with Crippen LogP contribution in [-0.2, 0) is 0 Å². The first-order valence-corrected chi connectivity index (χ1v) is 7.43. The van der Waals surface area contributed by atoms with Crippen LogP contribution in [0.15, 0.2) is 22.7 Å². The number of carbonyl (C=O) groups excluding carboxylic acids is 1. The summed E-state index contributed by atoms with van der Waals surface area (Å²) in [6.45, 7) is 3.47. The molecule has 2 fully saturated rings. The number of piperazine rings is 1. The molecule has 3 rings (SSSR count). The topological polar surface area (TPSA) is 23.6 Å². The first-order valence-electron chi connectivity index (χ1n) is 6.64. The van der Waals surface area contributed by atoms with Gasteiger partial charge in [-0.3, -0.25) is 9.69 Å². The second-order valence-corrected chi connectivity index (χ2v) is 6.04. The zero-order valence-electron chi connectivity index (χ0n) is 10.6. The molecule has 1 atom stereocenters. The van der Waals surface area contributed by atoms with Crippen LogP contribution in [-0.4, -0.2) is 47.9 Å². The second kappa shape index (κ2) is 5.21. The molecule has 2 saturated heterocycles. The molecule has 102 valence electrons. The Labute approximate surface area is 120 Å². The molecule has 19 heavy (non-hydrogen) atoms. The van der Waals surface area contributed by atoms with E-state index in [2.05, 4.69) is 20.8 Å². The van der Waals surface area contributed by atoms with Gasteiger partial charge in [0.2, 0.25) is 0 Å². The lowest BCUT2D eigenvalue weighted by molar-refractivity contribution is 0.0567. The summed E-state index contributed by atoms with van der Waals surface area (Å²) in [7, 11) is 0. The van der Waals surface area contributed by atoms with Gasteiger partial charge in [0, 0.05) is 25.7 Å². The van der Waals surface area contributed by atoms with E-state index in [4.69, 9.17) is 0 Å². The summed E-state index contributed by atoms with van der Waals surface area (Å²) >= 11 is 3.13. The molecule has 0 aliphatic carbocycles. The zero-order chi connectivity index (χ0) is 13.4. The molecule has 5 heteroatoms. The van der Waals surface area contributed by atoms with Crippen molar-refractivity contribution in [1.29, 1.82) is 0 Å². The molecule has 2 heterocycles. The zero-order valence-corrected chi connectivity index (χ0v) is 12.2. The maximum atomic E-state index is 14.0. The molecule has 0 bridgehead atoms. The Bertz CT molecular complexity index is 508. The number of carbonyl (C=O) groups is 1. The van der Waals surface area contributed by atoms with Crippen molar-refractivity contribution in [2.45, 2.75) is 18.9 Å². The highest BCUT2D eigenvalue weighted by molar-refractivity contribution is 9.10. The largest absolute Gasteiger partial charge is 0.336 e. The van der Waals surface area contributed by atoms with Crippen LogP contribution in [0.1, 0.15) is 23.2 Å². The molecule has 0 N–H and O–H groups in total. The van der Waals surface area contributed by atoms with E-state index in [1.807, 2.05) is 0 Å². The summed E-state index contributed by atoms with van der Waals surface area (Å²) in [5.41, 5.74) is 0.167. The average Bonchev–Trinajstić information content (AvgIpc) is 2.88. The number of hydrogen-bond acceptors (Lipinski definition) is 2. The summed E-state index contributed by atoms with van der Waals surface area (Å²) in [5, 5.41) is 0. The number of nitrogens with zero attached hydrogens (tertiary/aromatic N) is 2. The number of benzene rings is 1. The third-order valence-electron chi connectivity index (χ3n) is 4.06. The van der Waals surface area contributed by atoms with E-state index in [9.17, 15) is 9.18 Å². The fourth-order valence-corrected chi connectivity index (χ4v) is 3.38. The smallest absolute Gasteiger partial charge is 0.256 e. The van der Waals surface area contributed by atoms with Crippen molar-refractivity contribution < 1.29 is 9.18 Å². The molecule has 1 aromatic rings. The molecule has 0 spiro atoms. The van der Waals surface area contributed by atoms with Crippen molar-refractivity contribution in [2.75, 3.05) is 26.2 Å². The Morgan fingerprint density at radius 1 is 1.32 bits per heavy atom. The van der Waals surface area contributed by atoms with E-state index >= 15 is 0 Å². The molecule has 0 radical (unpaired) electrons. The lowest BCUT2D eigenvalue weighted by Crippen LogP contribution is -2.52. The van der Waals surface area contributed by atoms with E-state index in [0.717, 1.165) is 26.1 Å². The van der Waals surface area contributed by atoms with Gasteiger partial charge in [-0.05, 0) is 47.4 Å². The van der Waals surface area contributed by atoms with Crippen LogP contribution < -0.4 is 0 Å². The van der Waals surface area contributed by atoms with Crippen LogP contribution in [0.5, 0.6) is 0 Å². The minimum atomic E-state index is -0.457. The molecular weight excluding hydrogens is 311 g/mol. The summed E-state index contributed by atoms with van der Waals surface area (Å²) in [6.07, 6.45) is 2.35. The lowest BCUT2D eigenvalue weighted by Gasteiger charge is -2.37. The molecule has 1 aromatic carbocycles. The molecule has 2 aliphatic rings. The maximum absolute atomic E-state index is 14.0. The predicted octanol–water partition coefficient (Wildman–Crippen LogP) is 2.51. The molecule has 0 saturated carbocycles. The molecule has 2 aliphatic heterocycles. The van der Waals surface area contributed by atoms with Gasteiger partial charge in [-0.15, -0.1) is 0 Å². The monoisotopic (exact) mass is 326 g/mol. The summed E-state index contributed by atoms with van der Waals surface area (Å²) in [4.78, 5) is 16.6. The van der Waals surface area contributed by atoms with Crippen molar-refractivity contribution in [2.24, 2.45) is 0 Å². The molecule has 3 nitrogen and oxygen atoms in total. The normalized spacial score (nSPS) is 23.5. The van der Waals surface area contributed by atoms with Crippen molar-refractivity contribution in [3.8, 4) is 0 Å². The fraction of sp³-hybridized carbons (Fsp3) is 0.500. The minimum absolute atomic E-state index is 0.167. The summed E-state index contributed by atoms with van der Waals surface area (Å²) in [5.74, 6) is -0.647. The highest BCUT2D eigenvalue weighted by Crippen LogP contribution is 2.24. The first kappa shape index (κ1) is 13.1. The molecular formula is C14H16BrFN2O. The van der Waals surface area contributed by atoms with Crippen LogP contribution in [0.2, 0.25) is 0 Å². The maximum Gasteiger partial charge on any atom is 0.256 e. The van der Waals surface area contributed by atoms with Crippen LogP contribution in [0.4, 0.5) is 4.39 Å². The average molecular weight is 327 g/mol. The van der Waals surface area contributed by atoms with Crippen LogP contribution >= 0.6 is 15.9 Å².